The Morgan fingerprint density at radius 3 is 2.57 bits per heavy atom. The fourth-order valence-electron chi connectivity index (χ4n) is 2.63. The number of ether oxygens (including phenoxy) is 3. The second-order valence-electron chi connectivity index (χ2n) is 6.12. The number of carbonyl (C=O) groups excluding carboxylic acids is 3. The Balaban J connectivity index is 1.49. The second-order valence-corrected chi connectivity index (χ2v) is 6.12. The molecule has 0 aliphatic carbocycles. The molecule has 2 aromatic carbocycles. The number of para-hydroxylation sites is 1. The Morgan fingerprint density at radius 1 is 1.11 bits per heavy atom. The molecule has 0 aromatic heterocycles. The van der Waals surface area contributed by atoms with Crippen LogP contribution in [0.4, 0.5) is 5.69 Å². The molecular weight excluding hydrogens is 364 g/mol. The molecule has 1 N–H and O–H groups in total. The van der Waals surface area contributed by atoms with E-state index in [4.69, 9.17) is 14.2 Å². The molecule has 0 saturated heterocycles. The smallest absolute Gasteiger partial charge is 0.326 e. The van der Waals surface area contributed by atoms with Crippen LogP contribution >= 0.6 is 0 Å². The van der Waals surface area contributed by atoms with E-state index in [2.05, 4.69) is 5.32 Å². The lowest BCUT2D eigenvalue weighted by Crippen LogP contribution is -2.39. The lowest BCUT2D eigenvalue weighted by atomic mass is 10.2. The Bertz CT molecular complexity index is 884. The number of benzene rings is 2. The topological polar surface area (TPSA) is 94.2 Å². The first-order chi connectivity index (χ1) is 13.5. The number of rotatable bonds is 6. The summed E-state index contributed by atoms with van der Waals surface area (Å²) in [6.45, 7) is 1.23. The van der Waals surface area contributed by atoms with Crippen LogP contribution in [0.15, 0.2) is 48.5 Å². The van der Waals surface area contributed by atoms with Gasteiger partial charge in [-0.05, 0) is 37.3 Å². The molecule has 1 aliphatic heterocycles. The summed E-state index contributed by atoms with van der Waals surface area (Å²) in [4.78, 5) is 37.9. The van der Waals surface area contributed by atoms with Gasteiger partial charge >= 0.3 is 5.97 Å². The van der Waals surface area contributed by atoms with E-state index in [0.717, 1.165) is 0 Å². The number of hydrogen-bond donors (Lipinski definition) is 1. The highest BCUT2D eigenvalue weighted by Gasteiger charge is 2.23. The van der Waals surface area contributed by atoms with Crippen LogP contribution in [0, 0.1) is 0 Å². The number of anilines is 1. The van der Waals surface area contributed by atoms with Crippen molar-refractivity contribution < 1.29 is 28.6 Å². The number of nitrogens with one attached hydrogen (secondary N) is 1. The van der Waals surface area contributed by atoms with Crippen LogP contribution in [0.5, 0.6) is 11.5 Å². The highest BCUT2D eigenvalue weighted by molar-refractivity contribution is 5.98. The minimum atomic E-state index is -0.986. The van der Waals surface area contributed by atoms with Gasteiger partial charge in [-0.3, -0.25) is 14.4 Å². The van der Waals surface area contributed by atoms with Gasteiger partial charge in [0.15, 0.2) is 17.6 Å². The van der Waals surface area contributed by atoms with Crippen molar-refractivity contribution in [3.05, 3.63) is 54.1 Å². The molecule has 1 heterocycles. The molecule has 2 aromatic rings. The van der Waals surface area contributed by atoms with Gasteiger partial charge in [0, 0.05) is 18.3 Å². The summed E-state index contributed by atoms with van der Waals surface area (Å²) in [5, 5.41) is 2.46. The predicted octanol–water partition coefficient (Wildman–Crippen LogP) is 1.74. The first-order valence-corrected chi connectivity index (χ1v) is 8.65. The second kappa shape index (κ2) is 8.43. The summed E-state index contributed by atoms with van der Waals surface area (Å²) < 4.78 is 15.5. The van der Waals surface area contributed by atoms with Crippen LogP contribution in [0.2, 0.25) is 0 Å². The SMILES string of the molecule is C[C@@H](OC(=O)CNC(=O)c1ccc2c(c1)OCO2)C(=O)N(C)c1ccccc1. The van der Waals surface area contributed by atoms with Gasteiger partial charge in [-0.2, -0.15) is 0 Å². The molecule has 8 nitrogen and oxygen atoms in total. The van der Waals surface area contributed by atoms with Crippen LogP contribution in [-0.4, -0.2) is 44.3 Å². The predicted molar refractivity (Wildman–Crippen MR) is 100 cm³/mol. The molecule has 0 bridgehead atoms. The maximum atomic E-state index is 12.4. The number of hydrogen-bond acceptors (Lipinski definition) is 6. The number of amides is 2. The van der Waals surface area contributed by atoms with Gasteiger partial charge in [-0.25, -0.2) is 0 Å². The van der Waals surface area contributed by atoms with Crippen molar-refractivity contribution in [2.45, 2.75) is 13.0 Å². The van der Waals surface area contributed by atoms with Crippen molar-refractivity contribution >= 4 is 23.5 Å². The first-order valence-electron chi connectivity index (χ1n) is 8.65. The number of likely N-dealkylation sites (N-methyl/N-ethyl adjacent to an activating group) is 1. The normalized spacial score (nSPS) is 12.8. The fraction of sp³-hybridized carbons (Fsp3) is 0.250. The van der Waals surface area contributed by atoms with Crippen molar-refractivity contribution in [1.29, 1.82) is 0 Å². The van der Waals surface area contributed by atoms with Gasteiger partial charge in [-0.15, -0.1) is 0 Å². The molecule has 2 amide bonds. The summed E-state index contributed by atoms with van der Waals surface area (Å²) in [6.07, 6.45) is -0.986. The van der Waals surface area contributed by atoms with E-state index in [1.54, 1.807) is 43.4 Å². The molecule has 0 saturated carbocycles. The number of fused-ring (bicyclic) bond motifs is 1. The molecule has 28 heavy (non-hydrogen) atoms. The highest BCUT2D eigenvalue weighted by Crippen LogP contribution is 2.32. The van der Waals surface area contributed by atoms with Crippen molar-refractivity contribution in [3.63, 3.8) is 0 Å². The van der Waals surface area contributed by atoms with Crippen LogP contribution in [0.3, 0.4) is 0 Å². The summed E-state index contributed by atoms with van der Waals surface area (Å²) in [7, 11) is 1.60. The van der Waals surface area contributed by atoms with Crippen molar-refractivity contribution in [1.82, 2.24) is 5.32 Å². The third-order valence-corrected chi connectivity index (χ3v) is 4.16. The Labute approximate surface area is 162 Å². The largest absolute Gasteiger partial charge is 0.454 e. The van der Waals surface area contributed by atoms with Gasteiger partial charge in [0.25, 0.3) is 11.8 Å². The minimum Gasteiger partial charge on any atom is -0.454 e. The van der Waals surface area contributed by atoms with Crippen molar-refractivity contribution in [2.75, 3.05) is 25.3 Å². The molecule has 0 radical (unpaired) electrons. The van der Waals surface area contributed by atoms with Crippen LogP contribution in [0.1, 0.15) is 17.3 Å². The van der Waals surface area contributed by atoms with E-state index >= 15 is 0 Å². The third kappa shape index (κ3) is 4.40. The van der Waals surface area contributed by atoms with Gasteiger partial charge in [0.1, 0.15) is 6.54 Å². The fourth-order valence-corrected chi connectivity index (χ4v) is 2.63. The maximum Gasteiger partial charge on any atom is 0.326 e. The molecule has 0 fully saturated rings. The van der Waals surface area contributed by atoms with E-state index in [0.29, 0.717) is 22.7 Å². The lowest BCUT2D eigenvalue weighted by Gasteiger charge is -2.21. The molecule has 3 rings (SSSR count). The Morgan fingerprint density at radius 2 is 1.82 bits per heavy atom. The number of carbonyl (C=O) groups is 3. The zero-order valence-electron chi connectivity index (χ0n) is 15.5. The monoisotopic (exact) mass is 384 g/mol. The molecule has 0 spiro atoms. The third-order valence-electron chi connectivity index (χ3n) is 4.16. The van der Waals surface area contributed by atoms with Crippen molar-refractivity contribution in [3.8, 4) is 11.5 Å². The van der Waals surface area contributed by atoms with Gasteiger partial charge < -0.3 is 24.4 Å². The number of nitrogens with zero attached hydrogens (tertiary/aromatic N) is 1. The molecular formula is C20H20N2O6. The van der Waals surface area contributed by atoms with Gasteiger partial charge in [-0.1, -0.05) is 18.2 Å². The quantitative estimate of drug-likeness (QED) is 0.763. The minimum absolute atomic E-state index is 0.107. The van der Waals surface area contributed by atoms with Crippen LogP contribution in [-0.2, 0) is 14.3 Å². The summed E-state index contributed by atoms with van der Waals surface area (Å²) in [6, 6.07) is 13.7. The van der Waals surface area contributed by atoms with E-state index in [-0.39, 0.29) is 19.2 Å². The maximum absolute atomic E-state index is 12.4. The first kappa shape index (κ1) is 19.2. The summed E-state index contributed by atoms with van der Waals surface area (Å²) in [5.74, 6) is -0.516. The zero-order valence-corrected chi connectivity index (χ0v) is 15.5. The van der Waals surface area contributed by atoms with E-state index in [1.165, 1.54) is 17.9 Å². The Kier molecular flexibility index (Phi) is 5.78. The van der Waals surface area contributed by atoms with Gasteiger partial charge in [0.2, 0.25) is 6.79 Å². The van der Waals surface area contributed by atoms with Crippen LogP contribution < -0.4 is 19.7 Å². The average molecular weight is 384 g/mol. The van der Waals surface area contributed by atoms with E-state index < -0.39 is 18.0 Å². The molecule has 1 atom stereocenters. The van der Waals surface area contributed by atoms with Crippen LogP contribution in [0.25, 0.3) is 0 Å². The lowest BCUT2D eigenvalue weighted by molar-refractivity contribution is -0.152. The van der Waals surface area contributed by atoms with E-state index in [1.807, 2.05) is 6.07 Å². The highest BCUT2D eigenvalue weighted by atomic mass is 16.7. The standard InChI is InChI=1S/C20H20N2O6/c1-13(20(25)22(2)15-6-4-3-5-7-15)28-18(23)11-21-19(24)14-8-9-16-17(10-14)27-12-26-16/h3-10,13H,11-12H2,1-2H3,(H,21,24)/t13-/m1/s1. The summed E-state index contributed by atoms with van der Waals surface area (Å²) in [5.41, 5.74) is 1.01. The number of esters is 1. The zero-order chi connectivity index (χ0) is 20.1. The van der Waals surface area contributed by atoms with E-state index in [9.17, 15) is 14.4 Å². The van der Waals surface area contributed by atoms with Crippen molar-refractivity contribution in [2.24, 2.45) is 0 Å². The van der Waals surface area contributed by atoms with Gasteiger partial charge in [0.05, 0.1) is 0 Å². The molecule has 1 aliphatic rings. The molecule has 8 heteroatoms. The summed E-state index contributed by atoms with van der Waals surface area (Å²) >= 11 is 0. The molecule has 146 valence electrons. The Hall–Kier alpha value is -3.55. The molecule has 0 unspecified atom stereocenters. The average Bonchev–Trinajstić information content (AvgIpc) is 3.19.